The molecule has 0 saturated heterocycles. The summed E-state index contributed by atoms with van der Waals surface area (Å²) in [5, 5.41) is 7.17. The van der Waals surface area contributed by atoms with Crippen molar-refractivity contribution >= 4 is 11.9 Å². The van der Waals surface area contributed by atoms with E-state index in [9.17, 15) is 9.59 Å². The van der Waals surface area contributed by atoms with Crippen molar-refractivity contribution in [2.24, 2.45) is 7.05 Å². The number of hydrogen-bond donors (Lipinski definition) is 1. The zero-order chi connectivity index (χ0) is 16.9. The highest BCUT2D eigenvalue weighted by atomic mass is 16.5. The molecule has 6 heteroatoms. The molecule has 0 spiro atoms. The molecule has 0 aliphatic heterocycles. The lowest BCUT2D eigenvalue weighted by atomic mass is 9.95. The van der Waals surface area contributed by atoms with E-state index < -0.39 is 11.5 Å². The van der Waals surface area contributed by atoms with Crippen molar-refractivity contribution in [1.29, 1.82) is 0 Å². The minimum absolute atomic E-state index is 0.149. The molecule has 0 aromatic carbocycles. The minimum atomic E-state index is -0.959. The lowest BCUT2D eigenvalue weighted by molar-refractivity contribution is -0.150. The normalized spacial score (nSPS) is 13.5. The average Bonchev–Trinajstić information content (AvgIpc) is 2.69. The van der Waals surface area contributed by atoms with Crippen LogP contribution >= 0.6 is 0 Å². The van der Waals surface area contributed by atoms with Crippen LogP contribution in [0.4, 0.5) is 0 Å². The SMILES string of the molecule is CCC[C@@](C)(NC(=O)CCc1c(C)nn(C)c1C)C(=O)OC. The van der Waals surface area contributed by atoms with Crippen LogP contribution in [-0.2, 0) is 27.8 Å². The van der Waals surface area contributed by atoms with E-state index in [-0.39, 0.29) is 5.91 Å². The van der Waals surface area contributed by atoms with Crippen LogP contribution in [0.1, 0.15) is 50.1 Å². The van der Waals surface area contributed by atoms with Gasteiger partial charge in [-0.25, -0.2) is 4.79 Å². The van der Waals surface area contributed by atoms with Crippen LogP contribution in [0.15, 0.2) is 0 Å². The Balaban J connectivity index is 2.70. The van der Waals surface area contributed by atoms with E-state index in [1.165, 1.54) is 7.11 Å². The van der Waals surface area contributed by atoms with Gasteiger partial charge < -0.3 is 10.1 Å². The molecule has 1 amide bonds. The van der Waals surface area contributed by atoms with Crippen LogP contribution in [0.2, 0.25) is 0 Å². The van der Waals surface area contributed by atoms with Crippen LogP contribution in [0, 0.1) is 13.8 Å². The quantitative estimate of drug-likeness (QED) is 0.780. The standard InChI is InChI=1S/C16H27N3O3/c1-7-10-16(4,15(21)22-6)17-14(20)9-8-13-11(2)18-19(5)12(13)3/h7-10H2,1-6H3,(H,17,20)/t16-/m1/s1. The molecule has 1 N–H and O–H groups in total. The molecule has 22 heavy (non-hydrogen) atoms. The number of ether oxygens (including phenoxy) is 1. The summed E-state index contributed by atoms with van der Waals surface area (Å²) in [6.07, 6.45) is 2.27. The van der Waals surface area contributed by atoms with Crippen LogP contribution < -0.4 is 5.32 Å². The number of amides is 1. The first-order valence-corrected chi connectivity index (χ1v) is 7.63. The van der Waals surface area contributed by atoms with E-state index >= 15 is 0 Å². The van der Waals surface area contributed by atoms with Gasteiger partial charge >= 0.3 is 5.97 Å². The van der Waals surface area contributed by atoms with Gasteiger partial charge in [0.15, 0.2) is 0 Å². The molecule has 0 aliphatic carbocycles. The summed E-state index contributed by atoms with van der Waals surface area (Å²) < 4.78 is 6.62. The fourth-order valence-electron chi connectivity index (χ4n) is 2.73. The van der Waals surface area contributed by atoms with Crippen molar-refractivity contribution in [2.45, 2.75) is 58.9 Å². The molecule has 1 heterocycles. The topological polar surface area (TPSA) is 73.2 Å². The molecule has 1 aromatic heterocycles. The van der Waals surface area contributed by atoms with Crippen molar-refractivity contribution in [3.8, 4) is 0 Å². The van der Waals surface area contributed by atoms with Crippen LogP contribution in [0.25, 0.3) is 0 Å². The number of aromatic nitrogens is 2. The molecule has 1 aromatic rings. The Morgan fingerprint density at radius 3 is 2.45 bits per heavy atom. The first-order valence-electron chi connectivity index (χ1n) is 7.63. The highest BCUT2D eigenvalue weighted by Gasteiger charge is 2.34. The Bertz CT molecular complexity index is 551. The van der Waals surface area contributed by atoms with Gasteiger partial charge in [-0.2, -0.15) is 5.10 Å². The molecule has 124 valence electrons. The Hall–Kier alpha value is -1.85. The fraction of sp³-hybridized carbons (Fsp3) is 0.688. The van der Waals surface area contributed by atoms with Crippen molar-refractivity contribution in [1.82, 2.24) is 15.1 Å². The van der Waals surface area contributed by atoms with Gasteiger partial charge in [-0.3, -0.25) is 9.48 Å². The molecule has 1 rings (SSSR count). The second kappa shape index (κ2) is 7.42. The molecule has 0 radical (unpaired) electrons. The second-order valence-corrected chi connectivity index (χ2v) is 5.89. The number of carbonyl (C=O) groups is 2. The molecule has 0 bridgehead atoms. The van der Waals surface area contributed by atoms with Gasteiger partial charge in [-0.05, 0) is 39.2 Å². The molecule has 6 nitrogen and oxygen atoms in total. The van der Waals surface area contributed by atoms with E-state index in [1.807, 2.05) is 32.5 Å². The van der Waals surface area contributed by atoms with Crippen LogP contribution in [0.5, 0.6) is 0 Å². The monoisotopic (exact) mass is 309 g/mol. The van der Waals surface area contributed by atoms with Crippen molar-refractivity contribution in [3.63, 3.8) is 0 Å². The molecule has 1 atom stereocenters. The second-order valence-electron chi connectivity index (χ2n) is 5.89. The third-order valence-electron chi connectivity index (χ3n) is 4.06. The van der Waals surface area contributed by atoms with Crippen molar-refractivity contribution in [3.05, 3.63) is 17.0 Å². The number of nitrogens with zero attached hydrogens (tertiary/aromatic N) is 2. The summed E-state index contributed by atoms with van der Waals surface area (Å²) in [6, 6.07) is 0. The molecule has 0 unspecified atom stereocenters. The summed E-state index contributed by atoms with van der Waals surface area (Å²) in [6.45, 7) is 7.61. The van der Waals surface area contributed by atoms with E-state index in [0.29, 0.717) is 19.3 Å². The van der Waals surface area contributed by atoms with Gasteiger partial charge in [-0.15, -0.1) is 0 Å². The molecule has 0 aliphatic rings. The van der Waals surface area contributed by atoms with E-state index in [1.54, 1.807) is 6.92 Å². The van der Waals surface area contributed by atoms with Gasteiger partial charge in [-0.1, -0.05) is 13.3 Å². The van der Waals surface area contributed by atoms with E-state index in [0.717, 1.165) is 23.4 Å². The molecular weight excluding hydrogens is 282 g/mol. The van der Waals surface area contributed by atoms with Gasteiger partial charge in [0.2, 0.25) is 5.91 Å². The summed E-state index contributed by atoms with van der Waals surface area (Å²) >= 11 is 0. The lowest BCUT2D eigenvalue weighted by Crippen LogP contribution is -2.52. The number of esters is 1. The molecule has 0 fully saturated rings. The largest absolute Gasteiger partial charge is 0.467 e. The Morgan fingerprint density at radius 2 is 2.00 bits per heavy atom. The zero-order valence-electron chi connectivity index (χ0n) is 14.4. The highest BCUT2D eigenvalue weighted by molar-refractivity contribution is 5.87. The van der Waals surface area contributed by atoms with E-state index in [4.69, 9.17) is 4.74 Å². The summed E-state index contributed by atoms with van der Waals surface area (Å²) in [5.74, 6) is -0.555. The maximum Gasteiger partial charge on any atom is 0.331 e. The predicted molar refractivity (Wildman–Crippen MR) is 84.5 cm³/mol. The Labute approximate surface area is 132 Å². The van der Waals surface area contributed by atoms with Crippen molar-refractivity contribution < 1.29 is 14.3 Å². The van der Waals surface area contributed by atoms with Gasteiger partial charge in [0, 0.05) is 19.2 Å². The van der Waals surface area contributed by atoms with Crippen molar-refractivity contribution in [2.75, 3.05) is 7.11 Å². The van der Waals surface area contributed by atoms with Crippen LogP contribution in [0.3, 0.4) is 0 Å². The first-order chi connectivity index (χ1) is 10.2. The first kappa shape index (κ1) is 18.2. The predicted octanol–water partition coefficient (Wildman–Crippen LogP) is 1.82. The minimum Gasteiger partial charge on any atom is -0.467 e. The number of methoxy groups -OCH3 is 1. The summed E-state index contributed by atoms with van der Waals surface area (Å²) in [4.78, 5) is 24.1. The maximum absolute atomic E-state index is 12.2. The number of carbonyl (C=O) groups excluding carboxylic acids is 2. The Morgan fingerprint density at radius 1 is 1.36 bits per heavy atom. The third-order valence-corrected chi connectivity index (χ3v) is 4.06. The highest BCUT2D eigenvalue weighted by Crippen LogP contribution is 2.17. The third kappa shape index (κ3) is 4.08. The smallest absolute Gasteiger partial charge is 0.331 e. The van der Waals surface area contributed by atoms with Crippen LogP contribution in [-0.4, -0.2) is 34.3 Å². The summed E-state index contributed by atoms with van der Waals surface area (Å²) in [5.41, 5.74) is 2.14. The van der Waals surface area contributed by atoms with Gasteiger partial charge in [0.25, 0.3) is 0 Å². The lowest BCUT2D eigenvalue weighted by Gasteiger charge is -2.27. The van der Waals surface area contributed by atoms with Gasteiger partial charge in [0.1, 0.15) is 5.54 Å². The number of aryl methyl sites for hydroxylation is 2. The molecule has 0 saturated carbocycles. The fourth-order valence-corrected chi connectivity index (χ4v) is 2.73. The Kier molecular flexibility index (Phi) is 6.14. The molecular formula is C16H27N3O3. The number of nitrogens with one attached hydrogen (secondary N) is 1. The number of rotatable bonds is 7. The van der Waals surface area contributed by atoms with Gasteiger partial charge in [0.05, 0.1) is 12.8 Å². The average molecular weight is 309 g/mol. The summed E-state index contributed by atoms with van der Waals surface area (Å²) in [7, 11) is 3.23. The van der Waals surface area contributed by atoms with E-state index in [2.05, 4.69) is 10.4 Å². The zero-order valence-corrected chi connectivity index (χ0v) is 14.4. The maximum atomic E-state index is 12.2. The number of hydrogen-bond acceptors (Lipinski definition) is 4.